The van der Waals surface area contributed by atoms with Crippen LogP contribution in [0.2, 0.25) is 0 Å². The number of hydrogen-bond acceptors (Lipinski definition) is 5. The molecule has 0 amide bonds. The maximum absolute atomic E-state index is 13.4. The molecule has 0 N–H and O–H groups in total. The molecule has 4 rings (SSSR count). The molecule has 2 aliphatic heterocycles. The lowest BCUT2D eigenvalue weighted by Gasteiger charge is -2.32. The Morgan fingerprint density at radius 1 is 1.13 bits per heavy atom. The van der Waals surface area contributed by atoms with Gasteiger partial charge in [-0.25, -0.2) is 12.7 Å². The molecule has 0 unspecified atom stereocenters. The summed E-state index contributed by atoms with van der Waals surface area (Å²) in [6, 6.07) is 9.89. The number of benzene rings is 2. The van der Waals surface area contributed by atoms with Crippen molar-refractivity contribution >= 4 is 27.4 Å². The summed E-state index contributed by atoms with van der Waals surface area (Å²) in [5.41, 5.74) is 0.677. The van der Waals surface area contributed by atoms with Crippen molar-refractivity contribution < 1.29 is 29.0 Å². The second-order valence-electron chi connectivity index (χ2n) is 6.49. The molecule has 1 saturated heterocycles. The summed E-state index contributed by atoms with van der Waals surface area (Å²) in [5, 5.41) is 0. The van der Waals surface area contributed by atoms with Crippen LogP contribution in [0.15, 0.2) is 63.2 Å². The molecule has 0 atom stereocenters. The van der Waals surface area contributed by atoms with Crippen LogP contribution in [0.3, 0.4) is 0 Å². The molecule has 0 saturated carbocycles. The molecule has 0 radical (unpaired) electrons. The van der Waals surface area contributed by atoms with Gasteiger partial charge in [0, 0.05) is 75.5 Å². The highest BCUT2D eigenvalue weighted by atomic mass is 32.2. The molecule has 30 heavy (non-hydrogen) atoms. The van der Waals surface area contributed by atoms with Crippen LogP contribution in [0, 0.1) is 0 Å². The summed E-state index contributed by atoms with van der Waals surface area (Å²) in [7, 11) is -4.21. The fourth-order valence-corrected chi connectivity index (χ4v) is 4.79. The van der Waals surface area contributed by atoms with Crippen LogP contribution < -0.4 is 0 Å². The molecule has 2 aromatic rings. The first-order chi connectivity index (χ1) is 20.2. The zero-order valence-corrected chi connectivity index (χ0v) is 17.6. The topological polar surface area (TPSA) is 43.9 Å². The van der Waals surface area contributed by atoms with Gasteiger partial charge in [0.1, 0.15) is 0 Å². The fraction of sp³-hybridized carbons (Fsp3) is 0.391. The quantitative estimate of drug-likeness (QED) is 0.586. The zero-order valence-electron chi connectivity index (χ0n) is 30.9. The maximum atomic E-state index is 13.4. The number of fused-ring (bicyclic) bond motifs is 2. The molecule has 160 valence electrons. The highest BCUT2D eigenvalue weighted by Crippen LogP contribution is 2.46. The van der Waals surface area contributed by atoms with Crippen molar-refractivity contribution in [1.29, 1.82) is 0 Å². The van der Waals surface area contributed by atoms with Crippen molar-refractivity contribution in [2.45, 2.75) is 21.1 Å². The fourth-order valence-electron chi connectivity index (χ4n) is 3.01. The van der Waals surface area contributed by atoms with Gasteiger partial charge in [-0.15, -0.1) is 0 Å². The van der Waals surface area contributed by atoms with Gasteiger partial charge in [0.2, 0.25) is 10.0 Å². The lowest BCUT2D eigenvalue weighted by atomic mass is 9.96. The number of likely N-dealkylation sites (N-methyl/N-ethyl adjacent to an activating group) is 1. The first-order valence-electron chi connectivity index (χ1n) is 16.4. The number of hydrogen-bond donors (Lipinski definition) is 0. The minimum absolute atomic E-state index is 0.118. The van der Waals surface area contributed by atoms with Gasteiger partial charge >= 0.3 is 0 Å². The Bertz CT molecular complexity index is 1600. The Labute approximate surface area is 205 Å². The summed E-state index contributed by atoms with van der Waals surface area (Å²) < 4.78 is 148. The van der Waals surface area contributed by atoms with Crippen LogP contribution in [0.25, 0.3) is 5.57 Å². The summed E-state index contributed by atoms with van der Waals surface area (Å²) in [5.74, 6) is 0. The molecule has 5 nitrogen and oxygen atoms in total. The van der Waals surface area contributed by atoms with E-state index in [0.29, 0.717) is 25.2 Å². The minimum Gasteiger partial charge on any atom is -0.304 e. The molecule has 0 spiro atoms. The van der Waals surface area contributed by atoms with Gasteiger partial charge in [0.15, 0.2) is 0 Å². The smallest absolute Gasteiger partial charge is 0.242 e. The van der Waals surface area contributed by atoms with Gasteiger partial charge in [0.05, 0.1) is 6.27 Å². The largest absolute Gasteiger partial charge is 0.304 e. The van der Waals surface area contributed by atoms with E-state index in [1.54, 1.807) is 24.3 Å². The molecule has 0 bridgehead atoms. The Morgan fingerprint density at radius 3 is 2.63 bits per heavy atom. The van der Waals surface area contributed by atoms with E-state index >= 15 is 0 Å². The van der Waals surface area contributed by atoms with Crippen LogP contribution in [0.1, 0.15) is 38.1 Å². The third kappa shape index (κ3) is 4.36. The van der Waals surface area contributed by atoms with Crippen molar-refractivity contribution in [3.05, 3.63) is 59.6 Å². The zero-order chi connectivity index (χ0) is 34.3. The van der Waals surface area contributed by atoms with E-state index < -0.39 is 72.1 Å². The van der Waals surface area contributed by atoms with Crippen LogP contribution in [0.4, 0.5) is 0 Å². The van der Waals surface area contributed by atoms with Crippen molar-refractivity contribution in [2.75, 3.05) is 53.5 Å². The molecule has 2 aliphatic rings. The third-order valence-electron chi connectivity index (χ3n) is 4.48. The number of rotatable bonds is 5. The monoisotopic (exact) mass is 458 g/mol. The number of piperazine rings is 1. The summed E-state index contributed by atoms with van der Waals surface area (Å²) in [6.07, 6.45) is -0.448. The second-order valence-corrected chi connectivity index (χ2v) is 9.36. The highest BCUT2D eigenvalue weighted by molar-refractivity contribution is 7.99. The lowest BCUT2D eigenvalue weighted by molar-refractivity contribution is 0.156. The Balaban J connectivity index is 1.86. The number of sulfonamides is 1. The molecule has 2 aromatic carbocycles. The molecular formula is C23H29N3O2S2. The van der Waals surface area contributed by atoms with Crippen LogP contribution in [-0.4, -0.2) is 76.1 Å². The van der Waals surface area contributed by atoms with E-state index in [9.17, 15) is 8.42 Å². The summed E-state index contributed by atoms with van der Waals surface area (Å²) in [4.78, 5) is 1.15. The van der Waals surface area contributed by atoms with Gasteiger partial charge < -0.3 is 9.80 Å². The SMILES string of the molecule is [2H]/C(CCN1C([2H])([2H])C([2H])([2H])N(C)C([2H])([2H])C1([2H])[2H])=C1\c2ccccc2Sc2ccc(S(=O)(=O)N(C([2H])([2H])[2H])C([2H])([2H])[2H])cc21. The minimum atomic E-state index is -5.15. The van der Waals surface area contributed by atoms with Crippen LogP contribution in [0.5, 0.6) is 0 Å². The predicted octanol–water partition coefficient (Wildman–Crippen LogP) is 3.47. The van der Waals surface area contributed by atoms with Gasteiger partial charge in [0.25, 0.3) is 0 Å². The number of nitrogens with zero attached hydrogens (tertiary/aromatic N) is 3. The molecule has 0 aromatic heterocycles. The van der Waals surface area contributed by atoms with Crippen LogP contribution >= 0.6 is 11.8 Å². The molecule has 7 heteroatoms. The van der Waals surface area contributed by atoms with E-state index in [1.165, 1.54) is 17.8 Å². The van der Waals surface area contributed by atoms with E-state index in [1.807, 2.05) is 0 Å². The Hall–Kier alpha value is -1.64. The Kier molecular flexibility index (Phi) is 2.91. The predicted molar refractivity (Wildman–Crippen MR) is 124 cm³/mol. The summed E-state index contributed by atoms with van der Waals surface area (Å²) >= 11 is 1.20. The van der Waals surface area contributed by atoms with Crippen molar-refractivity contribution in [2.24, 2.45) is 0 Å². The van der Waals surface area contributed by atoms with Gasteiger partial charge in [-0.05, 0) is 54.4 Å². The van der Waals surface area contributed by atoms with Gasteiger partial charge in [-0.1, -0.05) is 36.0 Å². The van der Waals surface area contributed by atoms with Crippen molar-refractivity contribution in [3.63, 3.8) is 0 Å². The van der Waals surface area contributed by atoms with Crippen molar-refractivity contribution in [3.8, 4) is 0 Å². The van der Waals surface area contributed by atoms with E-state index in [-0.39, 0.29) is 17.2 Å². The molecule has 0 aliphatic carbocycles. The lowest BCUT2D eigenvalue weighted by Crippen LogP contribution is -2.44. The Morgan fingerprint density at radius 2 is 1.87 bits per heavy atom. The first kappa shape index (κ1) is 9.88. The summed E-state index contributed by atoms with van der Waals surface area (Å²) in [6.45, 7) is -19.9. The normalized spacial score (nSPS) is 34.4. The molecular weight excluding hydrogens is 414 g/mol. The standard InChI is InChI=1S/C23H29N3O2S2/c1-24(2)30(27,28)18-10-11-23-21(17-18)19(20-7-4-5-9-22(20)29-23)8-6-12-26-15-13-25(3)14-16-26/h4-5,7-11,17H,6,12-16H2,1-3H3/b19-8-/i1D3,2D3,8D,13D2,14D2,15D2,16D2. The van der Waals surface area contributed by atoms with E-state index in [2.05, 4.69) is 0 Å². The average Bonchev–Trinajstić information content (AvgIpc) is 2.87. The third-order valence-corrected chi connectivity index (χ3v) is 6.96. The van der Waals surface area contributed by atoms with Gasteiger partial charge in [-0.2, -0.15) is 0 Å². The van der Waals surface area contributed by atoms with Gasteiger partial charge in [-0.3, -0.25) is 0 Å². The van der Waals surface area contributed by atoms with Crippen molar-refractivity contribution in [1.82, 2.24) is 14.1 Å². The maximum Gasteiger partial charge on any atom is 0.242 e. The highest BCUT2D eigenvalue weighted by Gasteiger charge is 2.25. The molecule has 2 heterocycles. The molecule has 1 fully saturated rings. The first-order valence-corrected chi connectivity index (χ1v) is 11.2. The van der Waals surface area contributed by atoms with E-state index in [0.717, 1.165) is 19.2 Å². The van der Waals surface area contributed by atoms with Crippen LogP contribution in [-0.2, 0) is 10.0 Å². The second kappa shape index (κ2) is 8.85. The average molecular weight is 459 g/mol. The van der Waals surface area contributed by atoms with E-state index in [4.69, 9.17) is 20.6 Å².